The zero-order chi connectivity index (χ0) is 22.7. The molecule has 2 aliphatic heterocycles. The molecular weight excluding hydrogens is 398 g/mol. The molecule has 0 spiro atoms. The van der Waals surface area contributed by atoms with Crippen molar-refractivity contribution in [1.82, 2.24) is 4.90 Å². The second kappa shape index (κ2) is 7.16. The summed E-state index contributed by atoms with van der Waals surface area (Å²) in [4.78, 5) is 13.8. The minimum Gasteiger partial charge on any atom is -0.444 e. The van der Waals surface area contributed by atoms with E-state index >= 15 is 0 Å². The summed E-state index contributed by atoms with van der Waals surface area (Å²) in [6.45, 7) is 13.5. The zero-order valence-electron chi connectivity index (χ0n) is 18.5. The first-order valence-corrected chi connectivity index (χ1v) is 10.0. The summed E-state index contributed by atoms with van der Waals surface area (Å²) < 4.78 is 57.5. The molecule has 0 unspecified atom stereocenters. The second-order valence-corrected chi connectivity index (χ2v) is 10.0. The molecule has 0 bridgehead atoms. The summed E-state index contributed by atoms with van der Waals surface area (Å²) in [7, 11) is -0.914. The number of alkyl halides is 3. The van der Waals surface area contributed by atoms with Crippen molar-refractivity contribution in [2.45, 2.75) is 77.4 Å². The number of rotatable bonds is 2. The van der Waals surface area contributed by atoms with E-state index in [4.69, 9.17) is 14.0 Å². The van der Waals surface area contributed by atoms with Gasteiger partial charge in [-0.25, -0.2) is 4.79 Å². The Balaban J connectivity index is 1.87. The first-order chi connectivity index (χ1) is 13.5. The van der Waals surface area contributed by atoms with Gasteiger partial charge < -0.3 is 18.9 Å². The molecule has 0 saturated carbocycles. The minimum absolute atomic E-state index is 0.117. The maximum absolute atomic E-state index is 13.4. The van der Waals surface area contributed by atoms with Crippen LogP contribution in [-0.4, -0.2) is 48.0 Å². The van der Waals surface area contributed by atoms with Crippen LogP contribution in [0.5, 0.6) is 0 Å². The van der Waals surface area contributed by atoms with Gasteiger partial charge in [-0.3, -0.25) is 0 Å². The van der Waals surface area contributed by atoms with Gasteiger partial charge in [0.25, 0.3) is 0 Å². The first kappa shape index (κ1) is 22.9. The van der Waals surface area contributed by atoms with Gasteiger partial charge in [-0.2, -0.15) is 13.2 Å². The topological polar surface area (TPSA) is 48.0 Å². The molecule has 5 nitrogen and oxygen atoms in total. The van der Waals surface area contributed by atoms with E-state index in [9.17, 15) is 18.0 Å². The lowest BCUT2D eigenvalue weighted by molar-refractivity contribution is -0.137. The molecule has 2 saturated heterocycles. The Morgan fingerprint density at radius 2 is 1.63 bits per heavy atom. The third-order valence-corrected chi connectivity index (χ3v) is 5.89. The van der Waals surface area contributed by atoms with Crippen LogP contribution in [0.4, 0.5) is 18.0 Å². The van der Waals surface area contributed by atoms with E-state index in [-0.39, 0.29) is 5.92 Å². The lowest BCUT2D eigenvalue weighted by atomic mass is 9.71. The van der Waals surface area contributed by atoms with Gasteiger partial charge in [-0.1, -0.05) is 6.07 Å². The fraction of sp³-hybridized carbons (Fsp3) is 0.667. The SMILES string of the molecule is CC(C)(C)OC(=O)N1CC(c2ccc(C(F)(F)F)cc2B2OC(C)(C)C(C)(C)O2)C1. The number of nitrogens with zero attached hydrogens (tertiary/aromatic N) is 1. The number of ether oxygens (including phenoxy) is 1. The van der Waals surface area contributed by atoms with Crippen LogP contribution in [0.25, 0.3) is 0 Å². The number of benzene rings is 1. The summed E-state index contributed by atoms with van der Waals surface area (Å²) >= 11 is 0. The second-order valence-electron chi connectivity index (χ2n) is 10.0. The van der Waals surface area contributed by atoms with Crippen molar-refractivity contribution in [2.24, 2.45) is 0 Å². The Morgan fingerprint density at radius 3 is 2.10 bits per heavy atom. The van der Waals surface area contributed by atoms with Crippen molar-refractivity contribution in [2.75, 3.05) is 13.1 Å². The number of halogens is 3. The standard InChI is InChI=1S/C21H29BF3NO4/c1-18(2,3)28-17(27)26-11-13(12-26)15-9-8-14(21(23,24)25)10-16(15)22-29-19(4,5)20(6,7)30-22/h8-10,13H,11-12H2,1-7H3. The fourth-order valence-corrected chi connectivity index (χ4v) is 3.45. The molecule has 0 atom stereocenters. The molecule has 3 rings (SSSR count). The van der Waals surface area contributed by atoms with Crippen LogP contribution < -0.4 is 5.46 Å². The minimum atomic E-state index is -4.47. The summed E-state index contributed by atoms with van der Waals surface area (Å²) in [5, 5.41) is 0. The van der Waals surface area contributed by atoms with Crippen LogP contribution in [0.15, 0.2) is 18.2 Å². The number of carbonyl (C=O) groups excluding carboxylic acids is 1. The van der Waals surface area contributed by atoms with Crippen LogP contribution >= 0.6 is 0 Å². The highest BCUT2D eigenvalue weighted by molar-refractivity contribution is 6.62. The maximum atomic E-state index is 13.4. The monoisotopic (exact) mass is 427 g/mol. The quantitative estimate of drug-likeness (QED) is 0.659. The van der Waals surface area contributed by atoms with E-state index < -0.39 is 41.8 Å². The molecule has 0 aromatic heterocycles. The van der Waals surface area contributed by atoms with E-state index in [0.29, 0.717) is 24.1 Å². The molecule has 0 radical (unpaired) electrons. The zero-order valence-corrected chi connectivity index (χ0v) is 18.5. The molecular formula is C21H29BF3NO4. The predicted molar refractivity (Wildman–Crippen MR) is 108 cm³/mol. The summed E-state index contributed by atoms with van der Waals surface area (Å²) in [5.41, 5.74) is -1.65. The molecule has 9 heteroatoms. The smallest absolute Gasteiger partial charge is 0.444 e. The van der Waals surface area contributed by atoms with Gasteiger partial charge in [0.1, 0.15) is 5.60 Å². The molecule has 166 valence electrons. The highest BCUT2D eigenvalue weighted by atomic mass is 19.4. The molecule has 30 heavy (non-hydrogen) atoms. The Labute approximate surface area is 176 Å². The van der Waals surface area contributed by atoms with Crippen molar-refractivity contribution in [1.29, 1.82) is 0 Å². The van der Waals surface area contributed by atoms with E-state index in [1.54, 1.807) is 25.7 Å². The molecule has 2 fully saturated rings. The van der Waals surface area contributed by atoms with E-state index in [1.165, 1.54) is 6.07 Å². The largest absolute Gasteiger partial charge is 0.495 e. The molecule has 0 N–H and O–H groups in total. The maximum Gasteiger partial charge on any atom is 0.495 e. The van der Waals surface area contributed by atoms with Crippen LogP contribution in [-0.2, 0) is 20.2 Å². The van der Waals surface area contributed by atoms with Gasteiger partial charge in [0, 0.05) is 19.0 Å². The summed E-state index contributed by atoms with van der Waals surface area (Å²) in [6, 6.07) is 3.65. The summed E-state index contributed by atoms with van der Waals surface area (Å²) in [6.07, 6.45) is -4.90. The van der Waals surface area contributed by atoms with Crippen LogP contribution in [0.2, 0.25) is 0 Å². The van der Waals surface area contributed by atoms with Crippen LogP contribution in [0.1, 0.15) is 65.5 Å². The van der Waals surface area contributed by atoms with Crippen molar-refractivity contribution in [3.05, 3.63) is 29.3 Å². The van der Waals surface area contributed by atoms with Crippen LogP contribution in [0.3, 0.4) is 0 Å². The first-order valence-electron chi connectivity index (χ1n) is 10.0. The van der Waals surface area contributed by atoms with Crippen molar-refractivity contribution in [3.8, 4) is 0 Å². The fourth-order valence-electron chi connectivity index (χ4n) is 3.45. The molecule has 1 aromatic carbocycles. The molecule has 1 amide bonds. The van der Waals surface area contributed by atoms with Gasteiger partial charge >= 0.3 is 19.4 Å². The number of hydrogen-bond donors (Lipinski definition) is 0. The molecule has 0 aliphatic carbocycles. The van der Waals surface area contributed by atoms with Crippen molar-refractivity contribution < 1.29 is 32.0 Å². The third kappa shape index (κ3) is 4.47. The van der Waals surface area contributed by atoms with Crippen molar-refractivity contribution in [3.63, 3.8) is 0 Å². The Bertz CT molecular complexity index is 811. The van der Waals surface area contributed by atoms with Gasteiger partial charge in [0.05, 0.1) is 16.8 Å². The Hall–Kier alpha value is -1.74. The van der Waals surface area contributed by atoms with Gasteiger partial charge in [-0.05, 0) is 71.6 Å². The molecule has 1 aromatic rings. The summed E-state index contributed by atoms with van der Waals surface area (Å²) in [5.74, 6) is -0.117. The third-order valence-electron chi connectivity index (χ3n) is 5.89. The normalized spacial score (nSPS) is 21.5. The van der Waals surface area contributed by atoms with Gasteiger partial charge in [0.2, 0.25) is 0 Å². The predicted octanol–water partition coefficient (Wildman–Crippen LogP) is 4.34. The lowest BCUT2D eigenvalue weighted by Gasteiger charge is -2.41. The van der Waals surface area contributed by atoms with E-state index in [2.05, 4.69) is 0 Å². The number of amides is 1. The Kier molecular flexibility index (Phi) is 5.47. The van der Waals surface area contributed by atoms with Crippen LogP contribution in [0, 0.1) is 0 Å². The average Bonchev–Trinajstić information content (AvgIpc) is 2.71. The van der Waals surface area contributed by atoms with Crippen molar-refractivity contribution >= 4 is 18.7 Å². The molecule has 2 heterocycles. The van der Waals surface area contributed by atoms with E-state index in [0.717, 1.165) is 12.1 Å². The highest BCUT2D eigenvalue weighted by Crippen LogP contribution is 2.39. The van der Waals surface area contributed by atoms with E-state index in [1.807, 2.05) is 27.7 Å². The highest BCUT2D eigenvalue weighted by Gasteiger charge is 2.53. The number of hydrogen-bond acceptors (Lipinski definition) is 4. The van der Waals surface area contributed by atoms with Gasteiger partial charge in [-0.15, -0.1) is 0 Å². The number of carbonyl (C=O) groups is 1. The number of likely N-dealkylation sites (tertiary alicyclic amines) is 1. The van der Waals surface area contributed by atoms with Gasteiger partial charge in [0.15, 0.2) is 0 Å². The lowest BCUT2D eigenvalue weighted by Crippen LogP contribution is -2.52. The average molecular weight is 427 g/mol. The molecule has 2 aliphatic rings. The Morgan fingerprint density at radius 1 is 1.10 bits per heavy atom.